The molecular weight excluding hydrogens is 132 g/mol. The van der Waals surface area contributed by atoms with Crippen LogP contribution < -0.4 is 0 Å². The van der Waals surface area contributed by atoms with Crippen LogP contribution in [0.5, 0.6) is 0 Å². The molecule has 0 nitrogen and oxygen atoms in total. The Balaban J connectivity index is 2.10. The third-order valence-electron chi connectivity index (χ3n) is 3.24. The number of rotatable bonds is 1. The molecule has 0 aromatic heterocycles. The van der Waals surface area contributed by atoms with Gasteiger partial charge in [-0.2, -0.15) is 0 Å². The van der Waals surface area contributed by atoms with E-state index in [4.69, 9.17) is 6.42 Å². The van der Waals surface area contributed by atoms with Gasteiger partial charge in [0.25, 0.3) is 0 Å². The fraction of sp³-hybridized carbons (Fsp3) is 0.636. The first-order valence-corrected chi connectivity index (χ1v) is 4.45. The van der Waals surface area contributed by atoms with Crippen LogP contribution in [-0.4, -0.2) is 0 Å². The first kappa shape index (κ1) is 6.98. The van der Waals surface area contributed by atoms with Crippen LogP contribution in [0.3, 0.4) is 0 Å². The Kier molecular flexibility index (Phi) is 1.53. The van der Waals surface area contributed by atoms with Gasteiger partial charge >= 0.3 is 0 Å². The van der Waals surface area contributed by atoms with Gasteiger partial charge in [0, 0.05) is 5.92 Å². The first-order chi connectivity index (χ1) is 5.31. The highest BCUT2D eigenvalue weighted by Crippen LogP contribution is 2.46. The summed E-state index contributed by atoms with van der Waals surface area (Å²) < 4.78 is 0. The number of hydrogen-bond donors (Lipinski definition) is 0. The van der Waals surface area contributed by atoms with Gasteiger partial charge in [-0.3, -0.25) is 0 Å². The molecule has 1 fully saturated rings. The van der Waals surface area contributed by atoms with Gasteiger partial charge in [-0.25, -0.2) is 0 Å². The third-order valence-corrected chi connectivity index (χ3v) is 3.24. The molecule has 4 unspecified atom stereocenters. The van der Waals surface area contributed by atoms with Gasteiger partial charge < -0.3 is 0 Å². The molecule has 0 heteroatoms. The van der Waals surface area contributed by atoms with Gasteiger partial charge in [0.05, 0.1) is 0 Å². The molecule has 0 saturated heterocycles. The molecule has 2 bridgehead atoms. The van der Waals surface area contributed by atoms with Crippen LogP contribution in [0.15, 0.2) is 12.2 Å². The maximum atomic E-state index is 5.41. The van der Waals surface area contributed by atoms with Gasteiger partial charge in [0.15, 0.2) is 0 Å². The van der Waals surface area contributed by atoms with E-state index >= 15 is 0 Å². The maximum absolute atomic E-state index is 5.41. The number of fused-ring (bicyclic) bond motifs is 2. The molecule has 0 amide bonds. The molecule has 0 aliphatic heterocycles. The van der Waals surface area contributed by atoms with E-state index < -0.39 is 0 Å². The van der Waals surface area contributed by atoms with E-state index in [-0.39, 0.29) is 0 Å². The Morgan fingerprint density at radius 1 is 1.45 bits per heavy atom. The zero-order chi connectivity index (χ0) is 7.84. The van der Waals surface area contributed by atoms with E-state index in [2.05, 4.69) is 25.0 Å². The molecule has 0 heterocycles. The summed E-state index contributed by atoms with van der Waals surface area (Å²) in [5.74, 6) is 5.80. The van der Waals surface area contributed by atoms with Crippen LogP contribution in [0.4, 0.5) is 0 Å². The quantitative estimate of drug-likeness (QED) is 0.394. The minimum absolute atomic E-state index is 0.481. The Morgan fingerprint density at radius 2 is 2.27 bits per heavy atom. The van der Waals surface area contributed by atoms with Gasteiger partial charge in [-0.15, -0.1) is 12.3 Å². The van der Waals surface area contributed by atoms with Crippen molar-refractivity contribution in [3.05, 3.63) is 12.2 Å². The van der Waals surface area contributed by atoms with Crippen molar-refractivity contribution < 1.29 is 0 Å². The van der Waals surface area contributed by atoms with E-state index in [1.807, 2.05) is 0 Å². The minimum Gasteiger partial charge on any atom is -0.120 e. The first-order valence-electron chi connectivity index (χ1n) is 4.45. The average Bonchev–Trinajstić information content (AvgIpc) is 2.62. The lowest BCUT2D eigenvalue weighted by Gasteiger charge is -2.20. The van der Waals surface area contributed by atoms with Gasteiger partial charge in [-0.1, -0.05) is 19.1 Å². The summed E-state index contributed by atoms with van der Waals surface area (Å²) in [4.78, 5) is 0. The molecule has 1 saturated carbocycles. The molecule has 11 heavy (non-hydrogen) atoms. The van der Waals surface area contributed by atoms with Crippen LogP contribution in [0.1, 0.15) is 19.8 Å². The zero-order valence-corrected chi connectivity index (χ0v) is 6.96. The highest BCUT2D eigenvalue weighted by Gasteiger charge is 2.37. The highest BCUT2D eigenvalue weighted by molar-refractivity contribution is 5.13. The molecular formula is C11H14. The summed E-state index contributed by atoms with van der Waals surface area (Å²) in [6.07, 6.45) is 12.9. The van der Waals surface area contributed by atoms with Crippen molar-refractivity contribution in [3.8, 4) is 12.3 Å². The topological polar surface area (TPSA) is 0 Å². The second-order valence-electron chi connectivity index (χ2n) is 3.90. The van der Waals surface area contributed by atoms with Crippen molar-refractivity contribution in [2.24, 2.45) is 23.7 Å². The number of terminal acetylenes is 1. The van der Waals surface area contributed by atoms with Crippen molar-refractivity contribution in [2.75, 3.05) is 0 Å². The van der Waals surface area contributed by atoms with Crippen molar-refractivity contribution >= 4 is 0 Å². The summed E-state index contributed by atoms with van der Waals surface area (Å²) in [5, 5.41) is 0. The lowest BCUT2D eigenvalue weighted by Crippen LogP contribution is -2.14. The van der Waals surface area contributed by atoms with Gasteiger partial charge in [0.2, 0.25) is 0 Å². The predicted molar refractivity (Wildman–Crippen MR) is 46.8 cm³/mol. The predicted octanol–water partition coefficient (Wildman–Crippen LogP) is 2.47. The molecule has 2 rings (SSSR count). The Labute approximate surface area is 68.7 Å². The zero-order valence-electron chi connectivity index (χ0n) is 6.96. The summed E-state index contributed by atoms with van der Waals surface area (Å²) in [6, 6.07) is 0. The van der Waals surface area contributed by atoms with E-state index in [1.165, 1.54) is 12.8 Å². The Hall–Kier alpha value is -0.700. The smallest absolute Gasteiger partial charge is 0.0206 e. The maximum Gasteiger partial charge on any atom is 0.0206 e. The van der Waals surface area contributed by atoms with Crippen LogP contribution >= 0.6 is 0 Å². The third kappa shape index (κ3) is 0.997. The highest BCUT2D eigenvalue weighted by atomic mass is 14.4. The lowest BCUT2D eigenvalue weighted by atomic mass is 9.84. The van der Waals surface area contributed by atoms with Crippen LogP contribution in [0.2, 0.25) is 0 Å². The lowest BCUT2D eigenvalue weighted by molar-refractivity contribution is 0.369. The fourth-order valence-electron chi connectivity index (χ4n) is 2.52. The number of allylic oxidation sites excluding steroid dienone is 2. The van der Waals surface area contributed by atoms with E-state index in [0.29, 0.717) is 5.92 Å². The van der Waals surface area contributed by atoms with E-state index in [1.54, 1.807) is 0 Å². The molecule has 0 spiro atoms. The van der Waals surface area contributed by atoms with Crippen LogP contribution in [0.25, 0.3) is 0 Å². The fourth-order valence-corrected chi connectivity index (χ4v) is 2.52. The summed E-state index contributed by atoms with van der Waals surface area (Å²) in [7, 11) is 0. The van der Waals surface area contributed by atoms with Gasteiger partial charge in [-0.05, 0) is 30.6 Å². The van der Waals surface area contributed by atoms with Crippen LogP contribution in [-0.2, 0) is 0 Å². The minimum atomic E-state index is 0.481. The SMILES string of the molecule is C#CC(C)C1CC2C=CC1C2. The van der Waals surface area contributed by atoms with E-state index in [0.717, 1.165) is 17.8 Å². The van der Waals surface area contributed by atoms with Crippen molar-refractivity contribution in [3.63, 3.8) is 0 Å². The van der Waals surface area contributed by atoms with Crippen LogP contribution in [0, 0.1) is 36.0 Å². The standard InChI is InChI=1S/C11H14/c1-3-8(2)11-7-9-4-5-10(11)6-9/h1,4-5,8-11H,6-7H2,2H3. The van der Waals surface area contributed by atoms with Crippen molar-refractivity contribution in [2.45, 2.75) is 19.8 Å². The molecule has 2 aliphatic carbocycles. The van der Waals surface area contributed by atoms with E-state index in [9.17, 15) is 0 Å². The molecule has 0 aromatic carbocycles. The van der Waals surface area contributed by atoms with Gasteiger partial charge in [0.1, 0.15) is 0 Å². The normalized spacial score (nSPS) is 42.4. The molecule has 0 radical (unpaired) electrons. The average molecular weight is 146 g/mol. The number of hydrogen-bond acceptors (Lipinski definition) is 0. The Bertz CT molecular complexity index is 219. The van der Waals surface area contributed by atoms with Crippen molar-refractivity contribution in [1.82, 2.24) is 0 Å². The summed E-state index contributed by atoms with van der Waals surface area (Å²) in [5.41, 5.74) is 0. The Morgan fingerprint density at radius 3 is 2.73 bits per heavy atom. The largest absolute Gasteiger partial charge is 0.120 e. The summed E-state index contributed by atoms with van der Waals surface area (Å²) >= 11 is 0. The molecule has 0 N–H and O–H groups in total. The van der Waals surface area contributed by atoms with Crippen molar-refractivity contribution in [1.29, 1.82) is 0 Å². The summed E-state index contributed by atoms with van der Waals surface area (Å²) in [6.45, 7) is 2.18. The monoisotopic (exact) mass is 146 g/mol. The molecule has 58 valence electrons. The molecule has 4 atom stereocenters. The second-order valence-corrected chi connectivity index (χ2v) is 3.90. The second kappa shape index (κ2) is 2.41. The molecule has 0 aromatic rings. The molecule has 2 aliphatic rings.